The maximum atomic E-state index is 14.7. The molecule has 0 spiro atoms. The smallest absolute Gasteiger partial charge is 0.407 e. The number of alkyl halides is 1. The molecule has 0 bridgehead atoms. The number of aryl methyl sites for hydroxylation is 1. The van der Waals surface area contributed by atoms with Crippen LogP contribution >= 0.6 is 11.3 Å². The predicted molar refractivity (Wildman–Crippen MR) is 114 cm³/mol. The summed E-state index contributed by atoms with van der Waals surface area (Å²) in [6.45, 7) is 1.91. The largest absolute Gasteiger partial charge is 0.493 e. The molecule has 5 heterocycles. The molecule has 1 amide bonds. The highest BCUT2D eigenvalue weighted by molar-refractivity contribution is 7.17. The van der Waals surface area contributed by atoms with Crippen molar-refractivity contribution in [1.82, 2.24) is 28.9 Å². The van der Waals surface area contributed by atoms with E-state index in [-0.39, 0.29) is 18.6 Å². The van der Waals surface area contributed by atoms with Gasteiger partial charge in [-0.05, 0) is 13.3 Å². The third-order valence-corrected chi connectivity index (χ3v) is 6.67. The van der Waals surface area contributed by atoms with Crippen LogP contribution in [0.4, 0.5) is 9.18 Å². The zero-order valence-electron chi connectivity index (χ0n) is 17.2. The maximum Gasteiger partial charge on any atom is 0.407 e. The third kappa shape index (κ3) is 3.36. The Kier molecular flexibility index (Phi) is 4.81. The number of aromatic nitrogens is 5. The van der Waals surface area contributed by atoms with E-state index in [1.54, 1.807) is 23.0 Å². The van der Waals surface area contributed by atoms with Gasteiger partial charge in [-0.25, -0.2) is 23.7 Å². The van der Waals surface area contributed by atoms with Gasteiger partial charge in [0.05, 0.1) is 31.2 Å². The van der Waals surface area contributed by atoms with Gasteiger partial charge in [-0.2, -0.15) is 5.10 Å². The highest BCUT2D eigenvalue weighted by Gasteiger charge is 2.34. The van der Waals surface area contributed by atoms with Gasteiger partial charge < -0.3 is 14.7 Å². The molecular weight excluding hydrogens is 439 g/mol. The fourth-order valence-electron chi connectivity index (χ4n) is 3.96. The molecule has 5 rings (SSSR count). The molecule has 1 aliphatic heterocycles. The van der Waals surface area contributed by atoms with E-state index in [1.807, 2.05) is 6.92 Å². The minimum atomic E-state index is -1.35. The summed E-state index contributed by atoms with van der Waals surface area (Å²) >= 11 is 1.23. The van der Waals surface area contributed by atoms with E-state index in [0.29, 0.717) is 39.0 Å². The number of hydrogen-bond donors (Lipinski definition) is 1. The number of methoxy groups -OCH3 is 1. The first-order valence-electron chi connectivity index (χ1n) is 9.90. The molecule has 166 valence electrons. The van der Waals surface area contributed by atoms with Crippen molar-refractivity contribution in [1.29, 1.82) is 0 Å². The Balaban J connectivity index is 1.54. The fourth-order valence-corrected chi connectivity index (χ4v) is 5.13. The van der Waals surface area contributed by atoms with Crippen molar-refractivity contribution in [3.05, 3.63) is 45.5 Å². The number of piperidine rings is 1. The molecule has 1 saturated heterocycles. The molecule has 10 nitrogen and oxygen atoms in total. The molecule has 0 radical (unpaired) electrons. The number of carboxylic acid groups (broad SMARTS) is 1. The second-order valence-electron chi connectivity index (χ2n) is 7.65. The lowest BCUT2D eigenvalue weighted by Crippen LogP contribution is -2.43. The minimum Gasteiger partial charge on any atom is -0.493 e. The zero-order chi connectivity index (χ0) is 22.6. The number of likely N-dealkylation sites (tertiary alicyclic amines) is 1. The van der Waals surface area contributed by atoms with Crippen LogP contribution in [0.25, 0.3) is 22.0 Å². The van der Waals surface area contributed by atoms with Crippen LogP contribution in [-0.4, -0.2) is 66.5 Å². The van der Waals surface area contributed by atoms with Gasteiger partial charge in [0.1, 0.15) is 11.9 Å². The number of rotatable bonds is 3. The highest BCUT2D eigenvalue weighted by atomic mass is 32.1. The van der Waals surface area contributed by atoms with Gasteiger partial charge in [-0.15, -0.1) is 11.3 Å². The number of imidazole rings is 1. The summed E-state index contributed by atoms with van der Waals surface area (Å²) in [5.41, 5.74) is 1.83. The average molecular weight is 458 g/mol. The van der Waals surface area contributed by atoms with Crippen LogP contribution < -0.4 is 10.3 Å². The fraction of sp³-hybridized carbons (Fsp3) is 0.350. The summed E-state index contributed by atoms with van der Waals surface area (Å²) in [5, 5.41) is 13.6. The van der Waals surface area contributed by atoms with E-state index >= 15 is 0 Å². The molecular formula is C20H19FN6O4S. The van der Waals surface area contributed by atoms with Crippen molar-refractivity contribution in [3.8, 4) is 17.1 Å². The Hall–Kier alpha value is -3.54. The van der Waals surface area contributed by atoms with E-state index in [9.17, 15) is 14.0 Å². The first kappa shape index (κ1) is 20.4. The Labute approximate surface area is 184 Å². The first-order valence-corrected chi connectivity index (χ1v) is 10.7. The number of fused-ring (bicyclic) bond motifs is 2. The summed E-state index contributed by atoms with van der Waals surface area (Å²) in [6.07, 6.45) is 1.22. The standard InChI is InChI=1S/C20H19FN6O4S/c1-10-7-27-18(22-10)15(31-2)5-14(24-27)13-6-17(28)26-9-16(32-19(26)23-13)11-3-4-25(20(29)30)8-12(11)21/h5-7,9,11-12H,3-4,8H2,1-2H3,(H,29,30)/t11-,12-/m1/s1. The summed E-state index contributed by atoms with van der Waals surface area (Å²) < 4.78 is 23.1. The summed E-state index contributed by atoms with van der Waals surface area (Å²) in [6, 6.07) is 3.05. The normalized spacial score (nSPS) is 19.0. The third-order valence-electron chi connectivity index (χ3n) is 5.56. The second kappa shape index (κ2) is 7.55. The number of thiazole rings is 1. The van der Waals surface area contributed by atoms with E-state index < -0.39 is 18.2 Å². The summed E-state index contributed by atoms with van der Waals surface area (Å²) in [7, 11) is 1.53. The molecule has 1 N–H and O–H groups in total. The van der Waals surface area contributed by atoms with Crippen LogP contribution in [-0.2, 0) is 0 Å². The number of carbonyl (C=O) groups is 1. The Bertz CT molecular complexity index is 1410. The Morgan fingerprint density at radius 1 is 1.28 bits per heavy atom. The van der Waals surface area contributed by atoms with Crippen LogP contribution in [0.5, 0.6) is 5.75 Å². The lowest BCUT2D eigenvalue weighted by Gasteiger charge is -2.32. The van der Waals surface area contributed by atoms with Crippen molar-refractivity contribution in [2.45, 2.75) is 25.4 Å². The molecule has 1 aliphatic rings. The molecule has 2 atom stereocenters. The Morgan fingerprint density at radius 3 is 2.81 bits per heavy atom. The van der Waals surface area contributed by atoms with Gasteiger partial charge in [0.2, 0.25) is 0 Å². The second-order valence-corrected chi connectivity index (χ2v) is 8.69. The SMILES string of the molecule is COc1cc(-c2cc(=O)n3cc([C@@H]4CCN(C(=O)O)C[C@H]4F)sc3n2)nn2cc(C)nc12. The number of amides is 1. The van der Waals surface area contributed by atoms with Gasteiger partial charge >= 0.3 is 6.09 Å². The molecule has 0 aromatic carbocycles. The van der Waals surface area contributed by atoms with Crippen molar-refractivity contribution >= 4 is 28.0 Å². The molecule has 0 aliphatic carbocycles. The van der Waals surface area contributed by atoms with Gasteiger partial charge in [-0.3, -0.25) is 9.20 Å². The predicted octanol–water partition coefficient (Wildman–Crippen LogP) is 2.59. The zero-order valence-corrected chi connectivity index (χ0v) is 18.0. The molecule has 32 heavy (non-hydrogen) atoms. The maximum absolute atomic E-state index is 14.7. The van der Waals surface area contributed by atoms with E-state index in [0.717, 1.165) is 10.6 Å². The van der Waals surface area contributed by atoms with E-state index in [1.165, 1.54) is 28.9 Å². The van der Waals surface area contributed by atoms with Crippen LogP contribution in [0.3, 0.4) is 0 Å². The molecule has 0 unspecified atom stereocenters. The Morgan fingerprint density at radius 2 is 2.09 bits per heavy atom. The van der Waals surface area contributed by atoms with Gasteiger partial charge in [0.25, 0.3) is 5.56 Å². The number of nitrogens with zero attached hydrogens (tertiary/aromatic N) is 6. The van der Waals surface area contributed by atoms with Crippen LogP contribution in [0.1, 0.15) is 22.9 Å². The van der Waals surface area contributed by atoms with Gasteiger partial charge in [-0.1, -0.05) is 0 Å². The van der Waals surface area contributed by atoms with Crippen molar-refractivity contribution in [2.75, 3.05) is 20.2 Å². The molecule has 4 aromatic heterocycles. The summed E-state index contributed by atoms with van der Waals surface area (Å²) in [5.74, 6) is 0.0195. The molecule has 4 aromatic rings. The lowest BCUT2D eigenvalue weighted by molar-refractivity contribution is 0.0969. The quantitative estimate of drug-likeness (QED) is 0.502. The van der Waals surface area contributed by atoms with Crippen molar-refractivity contribution in [3.63, 3.8) is 0 Å². The van der Waals surface area contributed by atoms with Crippen LogP contribution in [0.2, 0.25) is 0 Å². The summed E-state index contributed by atoms with van der Waals surface area (Å²) in [4.78, 5) is 35.0. The van der Waals surface area contributed by atoms with Gasteiger partial charge in [0.15, 0.2) is 16.4 Å². The van der Waals surface area contributed by atoms with E-state index in [4.69, 9.17) is 9.84 Å². The lowest BCUT2D eigenvalue weighted by atomic mass is 9.94. The number of hydrogen-bond acceptors (Lipinski definition) is 7. The minimum absolute atomic E-state index is 0.185. The average Bonchev–Trinajstić information content (AvgIpc) is 3.35. The van der Waals surface area contributed by atoms with Crippen LogP contribution in [0.15, 0.2) is 29.3 Å². The van der Waals surface area contributed by atoms with Crippen LogP contribution in [0, 0.1) is 6.92 Å². The van der Waals surface area contributed by atoms with Gasteiger partial charge in [0, 0.05) is 35.7 Å². The molecule has 0 saturated carbocycles. The first-order chi connectivity index (χ1) is 15.3. The van der Waals surface area contributed by atoms with Crippen molar-refractivity contribution in [2.24, 2.45) is 0 Å². The van der Waals surface area contributed by atoms with Crippen molar-refractivity contribution < 1.29 is 19.0 Å². The number of ether oxygens (including phenoxy) is 1. The molecule has 1 fully saturated rings. The topological polar surface area (TPSA) is 114 Å². The number of halogens is 1. The molecule has 12 heteroatoms. The monoisotopic (exact) mass is 458 g/mol. The highest BCUT2D eigenvalue weighted by Crippen LogP contribution is 2.35. The van der Waals surface area contributed by atoms with E-state index in [2.05, 4.69) is 15.1 Å².